The maximum absolute atomic E-state index is 14.4. The summed E-state index contributed by atoms with van der Waals surface area (Å²) in [5.74, 6) is -5.51. The van der Waals surface area contributed by atoms with Crippen molar-refractivity contribution in [1.82, 2.24) is 42.5 Å². The number of unbranched alkanes of at least 4 members (excludes halogenated alkanes) is 2. The first kappa shape index (κ1) is 87.8. The number of anilines is 2. The van der Waals surface area contributed by atoms with Crippen molar-refractivity contribution in [1.29, 1.82) is 0 Å². The highest BCUT2D eigenvalue weighted by Gasteiger charge is 2.43. The fourth-order valence-corrected chi connectivity index (χ4v) is 21.4. The smallest absolute Gasteiger partial charge is 0.251 e. The molecule has 0 bridgehead atoms. The van der Waals surface area contributed by atoms with Gasteiger partial charge >= 0.3 is 0 Å². The standard InChI is InChI=1S/C90H115N13O10Si2/c1-56(2)48-73(75(104)42-43-81(106)96-71(86(91)109)26-20-22-46-93-87(110)60-30-28-59(29-31-60)84-67-38-33-62(100(5)6)51-76(67)114(13,14)77-52-63(101(7)8)34-39-68(77)84)99-90(113)74(50-58-24-18-17-19-25-58)98-83(108)55-95-89(112)72(97-82(107)45-44-80(105)92-4)27-21-23-47-94-88(111)61-32-37-66(57(3)49-61)85-69-40-35-64(102(9)10)53-78(69)115(15,16)79-54-65(103(11)12)36-41-70(79)85/h17-19,24-25,28-41,49,51-54,56,71-74H,20-23,26-27,42-48,50,55H2,1-16H3,(H8-2,91,92,93,94,95,96,97,98,99,105,106,107,108,109,110,111,112,113)/p+2/t71-,72-,73-,74-/m1/s1. The summed E-state index contributed by atoms with van der Waals surface area (Å²) in [5, 5.41) is 27.4. The number of hydrogen-bond acceptors (Lipinski definition) is 12. The van der Waals surface area contributed by atoms with Crippen LogP contribution in [0.1, 0.15) is 139 Å². The number of hydrogen-bond donors (Lipinski definition) is 9. The van der Waals surface area contributed by atoms with Crippen LogP contribution in [-0.2, 0) is 44.8 Å². The Bertz CT molecular complexity index is 4840. The van der Waals surface area contributed by atoms with Crippen LogP contribution in [0.15, 0.2) is 167 Å². The number of allylic oxidation sites excluding steroid dienone is 10. The Morgan fingerprint density at radius 3 is 1.50 bits per heavy atom. The minimum absolute atomic E-state index is 0.0000473. The summed E-state index contributed by atoms with van der Waals surface area (Å²) in [6.45, 7) is 15.3. The summed E-state index contributed by atoms with van der Waals surface area (Å²) in [6, 6.07) is 31.3. The molecule has 10 N–H and O–H groups in total. The van der Waals surface area contributed by atoms with Gasteiger partial charge in [0.25, 0.3) is 11.8 Å². The zero-order chi connectivity index (χ0) is 83.8. The lowest BCUT2D eigenvalue weighted by Gasteiger charge is -2.38. The Hall–Kier alpha value is -11.2. The fourth-order valence-electron chi connectivity index (χ4n) is 15.3. The fraction of sp³-hybridized carbons (Fsp3) is 0.400. The molecule has 9 amide bonds. The van der Waals surface area contributed by atoms with E-state index in [-0.39, 0.29) is 81.6 Å². The number of nitrogens with two attached hydrogens (primary N) is 1. The molecule has 2 heterocycles. The van der Waals surface area contributed by atoms with E-state index in [1.54, 1.807) is 30.3 Å². The Morgan fingerprint density at radius 2 is 0.974 bits per heavy atom. The molecule has 115 heavy (non-hydrogen) atoms. The maximum Gasteiger partial charge on any atom is 0.251 e. The molecule has 0 fully saturated rings. The number of carbonyl (C=O) groups is 10. The number of amides is 9. The summed E-state index contributed by atoms with van der Waals surface area (Å²) < 4.78 is 4.26. The molecule has 0 aromatic heterocycles. The molecule has 5 aromatic carbocycles. The minimum Gasteiger partial charge on any atom is -0.378 e. The van der Waals surface area contributed by atoms with E-state index in [4.69, 9.17) is 5.73 Å². The van der Waals surface area contributed by atoms with E-state index in [2.05, 4.69) is 217 Å². The molecule has 5 aromatic rings. The third kappa shape index (κ3) is 22.2. The van der Waals surface area contributed by atoms with E-state index in [1.165, 1.54) is 50.1 Å². The number of rotatable bonds is 36. The predicted molar refractivity (Wildman–Crippen MR) is 464 cm³/mol. The van der Waals surface area contributed by atoms with Crippen molar-refractivity contribution in [3.05, 3.63) is 212 Å². The van der Waals surface area contributed by atoms with Crippen molar-refractivity contribution in [3.63, 3.8) is 0 Å². The molecule has 25 heteroatoms. The average molecular weight is 1600 g/mol. The normalized spacial score (nSPS) is 15.2. The van der Waals surface area contributed by atoms with E-state index in [0.717, 1.165) is 50.6 Å². The van der Waals surface area contributed by atoms with Crippen molar-refractivity contribution in [2.45, 2.75) is 148 Å². The third-order valence-corrected chi connectivity index (χ3v) is 29.1. The number of aryl methyl sites for hydroxylation is 1. The van der Waals surface area contributed by atoms with Crippen LogP contribution < -0.4 is 68.4 Å². The predicted octanol–water partition coefficient (Wildman–Crippen LogP) is 7.29. The number of carbonyl (C=O) groups excluding carboxylic acids is 10. The van der Waals surface area contributed by atoms with Gasteiger partial charge in [-0.2, -0.15) is 0 Å². The van der Waals surface area contributed by atoms with Crippen LogP contribution in [0.25, 0.3) is 11.1 Å². The van der Waals surface area contributed by atoms with Crippen molar-refractivity contribution in [2.24, 2.45) is 11.7 Å². The van der Waals surface area contributed by atoms with Crippen molar-refractivity contribution in [3.8, 4) is 0 Å². The number of primary amides is 1. The molecule has 0 saturated heterocycles. The van der Waals surface area contributed by atoms with Crippen molar-refractivity contribution >= 4 is 119 Å². The first-order valence-electron chi connectivity index (χ1n) is 39.9. The van der Waals surface area contributed by atoms with Crippen LogP contribution in [0.4, 0.5) is 11.4 Å². The molecule has 2 aliphatic carbocycles. The monoisotopic (exact) mass is 1600 g/mol. The second-order valence-electron chi connectivity index (χ2n) is 32.6. The van der Waals surface area contributed by atoms with Crippen LogP contribution in [-0.4, -0.2) is 203 Å². The quantitative estimate of drug-likeness (QED) is 0.0109. The van der Waals surface area contributed by atoms with Gasteiger partial charge in [-0.25, -0.2) is 9.15 Å². The number of fused-ring (bicyclic) bond motifs is 4. The van der Waals surface area contributed by atoms with Crippen LogP contribution in [0.5, 0.6) is 0 Å². The van der Waals surface area contributed by atoms with Gasteiger partial charge < -0.3 is 58.1 Å². The Kier molecular flexibility index (Phi) is 29.9. The largest absolute Gasteiger partial charge is 0.378 e. The number of nitrogens with zero attached hydrogens (tertiary/aromatic N) is 4. The van der Waals surface area contributed by atoms with Gasteiger partial charge in [0.15, 0.2) is 17.2 Å². The average Bonchev–Trinajstić information content (AvgIpc) is 0.725. The number of nitrogens with one attached hydrogen (secondary N) is 8. The van der Waals surface area contributed by atoms with Gasteiger partial charge in [-0.1, -0.05) is 101 Å². The highest BCUT2D eigenvalue weighted by atomic mass is 28.3. The summed E-state index contributed by atoms with van der Waals surface area (Å²) in [5.41, 5.74) is 22.0. The Labute approximate surface area is 679 Å². The minimum atomic E-state index is -2.18. The molecule has 23 nitrogen and oxygen atoms in total. The second kappa shape index (κ2) is 39.2. The SMILES string of the molecule is CNC(=O)CCC(=O)N[C@H](CCCCNC(=O)c1ccc(C2=C3C=CC(=[N+](C)C)C=C3[Si](C)(C)c3cc(N(C)C)ccc32)c(C)c1)C(=O)NCC(=O)N[C@H](Cc1ccccc1)C(=O)N[C@H](CC(C)C)C(=O)CCC(=O)N[C@H](CCCCNC(=O)c1ccc(C2=C3C=CC(=[N+](C)C)C=C3[Si](C)(C)c3cc(N(C)C)ccc32)cc1)C(N)=O. The molecule has 0 unspecified atom stereocenters. The van der Waals surface area contributed by atoms with Crippen LogP contribution in [0, 0.1) is 12.8 Å². The lowest BCUT2D eigenvalue weighted by atomic mass is 9.87. The molecule has 0 spiro atoms. The molecule has 4 aliphatic rings. The number of ketones is 1. The third-order valence-electron chi connectivity index (χ3n) is 22.0. The van der Waals surface area contributed by atoms with E-state index in [9.17, 15) is 47.9 Å². The first-order valence-corrected chi connectivity index (χ1v) is 45.9. The van der Waals surface area contributed by atoms with Gasteiger partial charge in [-0.3, -0.25) is 47.9 Å². The molecular formula is C90H117N13O10Si2+2. The summed E-state index contributed by atoms with van der Waals surface area (Å²) in [7, 11) is 13.6. The van der Waals surface area contributed by atoms with Crippen LogP contribution in [0.3, 0.4) is 0 Å². The molecular weight excluding hydrogens is 1480 g/mol. The Balaban J connectivity index is 0.760. The number of benzene rings is 5. The second-order valence-corrected chi connectivity index (χ2v) is 41.3. The van der Waals surface area contributed by atoms with E-state index < -0.39 is 88.1 Å². The lowest BCUT2D eigenvalue weighted by Crippen LogP contribution is -2.55. The van der Waals surface area contributed by atoms with Gasteiger partial charge in [-0.05, 0) is 195 Å². The zero-order valence-corrected chi connectivity index (χ0v) is 71.8. The van der Waals surface area contributed by atoms with E-state index >= 15 is 0 Å². The molecule has 0 saturated carbocycles. The lowest BCUT2D eigenvalue weighted by molar-refractivity contribution is -0.462. The number of Topliss-reactive ketones (excluding diaryl/α,β-unsaturated/α-hetero) is 1. The molecule has 4 atom stereocenters. The molecule has 0 radical (unpaired) electrons. The van der Waals surface area contributed by atoms with Gasteiger partial charge in [0.2, 0.25) is 41.4 Å². The Morgan fingerprint density at radius 1 is 0.487 bits per heavy atom. The topological polar surface area (TPSA) is 305 Å². The van der Waals surface area contributed by atoms with Crippen molar-refractivity contribution < 1.29 is 57.1 Å². The highest BCUT2D eigenvalue weighted by molar-refractivity contribution is 6.98. The van der Waals surface area contributed by atoms with Crippen LogP contribution >= 0.6 is 0 Å². The first-order chi connectivity index (χ1) is 54.6. The van der Waals surface area contributed by atoms with Gasteiger partial charge in [0.1, 0.15) is 62.5 Å². The van der Waals surface area contributed by atoms with Gasteiger partial charge in [0, 0.05) is 127 Å². The summed E-state index contributed by atoms with van der Waals surface area (Å²) in [6.07, 6.45) is 14.7. The molecule has 9 rings (SSSR count). The summed E-state index contributed by atoms with van der Waals surface area (Å²) in [4.78, 5) is 140. The van der Waals surface area contributed by atoms with E-state index in [0.29, 0.717) is 48.9 Å². The molecule has 2 aliphatic heterocycles. The highest BCUT2D eigenvalue weighted by Crippen LogP contribution is 2.44. The maximum atomic E-state index is 14.4. The summed E-state index contributed by atoms with van der Waals surface area (Å²) >= 11 is 0. The molecule has 608 valence electrons. The van der Waals surface area contributed by atoms with Crippen molar-refractivity contribution in [2.75, 3.05) is 92.9 Å². The van der Waals surface area contributed by atoms with Gasteiger partial charge in [0.05, 0.1) is 12.6 Å². The van der Waals surface area contributed by atoms with Crippen LogP contribution in [0.2, 0.25) is 26.2 Å². The van der Waals surface area contributed by atoms with E-state index in [1.807, 2.05) is 63.2 Å². The zero-order valence-electron chi connectivity index (χ0n) is 69.8. The van der Waals surface area contributed by atoms with Gasteiger partial charge in [-0.15, -0.1) is 0 Å².